The van der Waals surface area contributed by atoms with Gasteiger partial charge in [0, 0.05) is 25.5 Å². The van der Waals surface area contributed by atoms with E-state index in [4.69, 9.17) is 9.72 Å². The molecule has 5 rings (SSSR count). The second-order valence-electron chi connectivity index (χ2n) is 8.28. The Hall–Kier alpha value is -3.22. The summed E-state index contributed by atoms with van der Waals surface area (Å²) in [5, 5.41) is 14.3. The molecule has 1 aliphatic rings. The number of tetrazole rings is 1. The molecule has 2 aromatic heterocycles. The lowest BCUT2D eigenvalue weighted by molar-refractivity contribution is 0.145. The molecule has 2 heterocycles. The molecule has 4 aromatic rings. The van der Waals surface area contributed by atoms with Crippen molar-refractivity contribution in [3.8, 4) is 5.75 Å². The minimum atomic E-state index is 0.227. The highest BCUT2D eigenvalue weighted by Gasteiger charge is 2.25. The number of H-pyrrole nitrogens is 1. The van der Waals surface area contributed by atoms with Crippen LogP contribution in [0.2, 0.25) is 0 Å². The second kappa shape index (κ2) is 7.89. The van der Waals surface area contributed by atoms with E-state index in [0.717, 1.165) is 60.5 Å². The van der Waals surface area contributed by atoms with Gasteiger partial charge in [-0.15, -0.1) is 5.10 Å². The van der Waals surface area contributed by atoms with Gasteiger partial charge in [0.15, 0.2) is 5.82 Å². The number of aromatic amines is 1. The van der Waals surface area contributed by atoms with Gasteiger partial charge in [-0.05, 0) is 60.7 Å². The summed E-state index contributed by atoms with van der Waals surface area (Å²) in [6, 6.07) is 14.9. The van der Waals surface area contributed by atoms with Crippen LogP contribution in [0.25, 0.3) is 11.0 Å². The zero-order valence-corrected chi connectivity index (χ0v) is 17.4. The predicted octanol–water partition coefficient (Wildman–Crippen LogP) is 4.09. The average Bonchev–Trinajstić information content (AvgIpc) is 3.38. The van der Waals surface area contributed by atoms with Crippen LogP contribution in [0, 0.1) is 6.92 Å². The van der Waals surface area contributed by atoms with Crippen LogP contribution in [-0.4, -0.2) is 36.3 Å². The van der Waals surface area contributed by atoms with Gasteiger partial charge >= 0.3 is 0 Å². The average molecular weight is 403 g/mol. The number of hydrogen-bond acceptors (Lipinski definition) is 5. The summed E-state index contributed by atoms with van der Waals surface area (Å²) in [4.78, 5) is 4.89. The molecule has 154 valence electrons. The number of imidazole rings is 1. The maximum absolute atomic E-state index is 6.30. The zero-order valence-electron chi connectivity index (χ0n) is 17.4. The van der Waals surface area contributed by atoms with E-state index in [2.05, 4.69) is 81.6 Å². The number of fused-ring (bicyclic) bond motifs is 1. The zero-order chi connectivity index (χ0) is 20.5. The van der Waals surface area contributed by atoms with Crippen LogP contribution < -0.4 is 4.74 Å². The van der Waals surface area contributed by atoms with Gasteiger partial charge in [-0.25, -0.2) is 10.1 Å². The summed E-state index contributed by atoms with van der Waals surface area (Å²) in [6.07, 6.45) is 5.13. The summed E-state index contributed by atoms with van der Waals surface area (Å²) in [6.45, 7) is 2.12. The van der Waals surface area contributed by atoms with Crippen molar-refractivity contribution in [3.63, 3.8) is 0 Å². The summed E-state index contributed by atoms with van der Waals surface area (Å²) in [5.41, 5.74) is 4.67. The number of benzene rings is 2. The van der Waals surface area contributed by atoms with Gasteiger partial charge in [-0.3, -0.25) is 0 Å². The highest BCUT2D eigenvalue weighted by molar-refractivity contribution is 5.77. The van der Waals surface area contributed by atoms with Crippen LogP contribution in [0.1, 0.15) is 54.4 Å². The van der Waals surface area contributed by atoms with E-state index in [1.165, 1.54) is 11.1 Å². The Kier molecular flexibility index (Phi) is 4.94. The van der Waals surface area contributed by atoms with Crippen LogP contribution in [0.3, 0.4) is 0 Å². The van der Waals surface area contributed by atoms with Crippen molar-refractivity contribution in [1.29, 1.82) is 0 Å². The van der Waals surface area contributed by atoms with Gasteiger partial charge in [0.05, 0.1) is 17.1 Å². The van der Waals surface area contributed by atoms with Crippen LogP contribution in [-0.2, 0) is 13.5 Å². The van der Waals surface area contributed by atoms with E-state index in [1.54, 1.807) is 0 Å². The molecule has 30 heavy (non-hydrogen) atoms. The fourth-order valence-corrected chi connectivity index (χ4v) is 4.45. The molecule has 0 amide bonds. The number of rotatable bonds is 5. The molecule has 0 unspecified atom stereocenters. The summed E-state index contributed by atoms with van der Waals surface area (Å²) < 4.78 is 8.48. The maximum atomic E-state index is 6.30. The van der Waals surface area contributed by atoms with Crippen LogP contribution >= 0.6 is 0 Å². The Labute approximate surface area is 175 Å². The fraction of sp³-hybridized carbons (Fsp3) is 0.391. The van der Waals surface area contributed by atoms with Crippen LogP contribution in [0.4, 0.5) is 0 Å². The summed E-state index contributed by atoms with van der Waals surface area (Å²) in [7, 11) is 2.08. The van der Waals surface area contributed by atoms with E-state index in [-0.39, 0.29) is 6.10 Å². The molecular formula is C23H26N6O. The summed E-state index contributed by atoms with van der Waals surface area (Å²) in [5.74, 6) is 3.26. The molecule has 0 saturated heterocycles. The van der Waals surface area contributed by atoms with E-state index in [0.29, 0.717) is 5.92 Å². The third-order valence-electron chi connectivity index (χ3n) is 6.12. The highest BCUT2D eigenvalue weighted by atomic mass is 16.5. The Bertz CT molecular complexity index is 1140. The first kappa shape index (κ1) is 18.8. The second-order valence-corrected chi connectivity index (χ2v) is 8.28. The van der Waals surface area contributed by atoms with E-state index >= 15 is 0 Å². The maximum Gasteiger partial charge on any atom is 0.151 e. The first-order valence-corrected chi connectivity index (χ1v) is 10.6. The SMILES string of the molecule is Cc1cccc(Cc2nc3cc(O[C@H]4CC[C@@H](c5nnn[nH]5)CC4)ccc3n2C)c1. The van der Waals surface area contributed by atoms with Crippen molar-refractivity contribution in [3.05, 3.63) is 65.2 Å². The normalized spacial score (nSPS) is 19.3. The number of aryl methyl sites for hydroxylation is 2. The molecule has 7 nitrogen and oxygen atoms in total. The molecule has 1 saturated carbocycles. The van der Waals surface area contributed by atoms with Crippen molar-refractivity contribution in [2.45, 2.75) is 51.0 Å². The Morgan fingerprint density at radius 2 is 1.97 bits per heavy atom. The molecule has 1 N–H and O–H groups in total. The lowest BCUT2D eigenvalue weighted by Crippen LogP contribution is -2.23. The third-order valence-corrected chi connectivity index (χ3v) is 6.12. The first-order chi connectivity index (χ1) is 14.7. The fourth-order valence-electron chi connectivity index (χ4n) is 4.45. The molecule has 1 fully saturated rings. The Balaban J connectivity index is 1.28. The van der Waals surface area contributed by atoms with Crippen molar-refractivity contribution < 1.29 is 4.74 Å². The molecule has 0 radical (unpaired) electrons. The quantitative estimate of drug-likeness (QED) is 0.544. The number of hydrogen-bond donors (Lipinski definition) is 1. The van der Waals surface area contributed by atoms with Crippen LogP contribution in [0.5, 0.6) is 5.75 Å². The lowest BCUT2D eigenvalue weighted by atomic mass is 9.87. The molecule has 1 aliphatic carbocycles. The van der Waals surface area contributed by atoms with Crippen molar-refractivity contribution in [1.82, 2.24) is 30.2 Å². The van der Waals surface area contributed by atoms with Gasteiger partial charge in [0.1, 0.15) is 11.6 Å². The first-order valence-electron chi connectivity index (χ1n) is 10.6. The van der Waals surface area contributed by atoms with E-state index < -0.39 is 0 Å². The van der Waals surface area contributed by atoms with Gasteiger partial charge in [-0.2, -0.15) is 0 Å². The van der Waals surface area contributed by atoms with Crippen molar-refractivity contribution >= 4 is 11.0 Å². The molecule has 0 bridgehead atoms. The molecule has 7 heteroatoms. The molecular weight excluding hydrogens is 376 g/mol. The monoisotopic (exact) mass is 402 g/mol. The minimum absolute atomic E-state index is 0.227. The Morgan fingerprint density at radius 1 is 1.10 bits per heavy atom. The Morgan fingerprint density at radius 3 is 2.73 bits per heavy atom. The minimum Gasteiger partial charge on any atom is -0.490 e. The topological polar surface area (TPSA) is 81.5 Å². The highest BCUT2D eigenvalue weighted by Crippen LogP contribution is 2.33. The largest absolute Gasteiger partial charge is 0.490 e. The standard InChI is InChI=1S/C23H26N6O/c1-15-4-3-5-16(12-15)13-22-24-20-14-19(10-11-21(20)29(22)2)30-18-8-6-17(7-9-18)23-25-27-28-26-23/h3-5,10-12,14,17-18H,6-9,13H2,1-2H3,(H,25,26,27,28)/t17-,18+. The molecule has 0 aliphatic heterocycles. The van der Waals surface area contributed by atoms with Gasteiger partial charge in [-0.1, -0.05) is 29.8 Å². The van der Waals surface area contributed by atoms with Gasteiger partial charge < -0.3 is 9.30 Å². The number of ether oxygens (including phenoxy) is 1. The van der Waals surface area contributed by atoms with Crippen molar-refractivity contribution in [2.75, 3.05) is 0 Å². The van der Waals surface area contributed by atoms with Crippen LogP contribution in [0.15, 0.2) is 42.5 Å². The third kappa shape index (κ3) is 3.79. The predicted molar refractivity (Wildman–Crippen MR) is 115 cm³/mol. The van der Waals surface area contributed by atoms with Gasteiger partial charge in [0.2, 0.25) is 0 Å². The number of nitrogens with one attached hydrogen (secondary N) is 1. The number of nitrogens with zero attached hydrogens (tertiary/aromatic N) is 5. The molecule has 2 aromatic carbocycles. The summed E-state index contributed by atoms with van der Waals surface area (Å²) >= 11 is 0. The number of aromatic nitrogens is 6. The lowest BCUT2D eigenvalue weighted by Gasteiger charge is -2.27. The van der Waals surface area contributed by atoms with Gasteiger partial charge in [0.25, 0.3) is 0 Å². The van der Waals surface area contributed by atoms with E-state index in [1.807, 2.05) is 0 Å². The molecule has 0 spiro atoms. The smallest absolute Gasteiger partial charge is 0.151 e. The molecule has 0 atom stereocenters. The van der Waals surface area contributed by atoms with Crippen molar-refractivity contribution in [2.24, 2.45) is 7.05 Å². The van der Waals surface area contributed by atoms with E-state index in [9.17, 15) is 0 Å².